The van der Waals surface area contributed by atoms with E-state index < -0.39 is 5.41 Å². The van der Waals surface area contributed by atoms with E-state index in [1.165, 1.54) is 0 Å². The van der Waals surface area contributed by atoms with E-state index in [1.54, 1.807) is 21.8 Å². The first-order chi connectivity index (χ1) is 8.98. The average molecular weight is 264 g/mol. The fourth-order valence-corrected chi connectivity index (χ4v) is 2.54. The SMILES string of the molecule is CCn1nccc1C(=O)N1CCCC(C)(C(N)=O)C1. The van der Waals surface area contributed by atoms with Gasteiger partial charge in [0.05, 0.1) is 5.41 Å². The first kappa shape index (κ1) is 13.6. The Bertz CT molecular complexity index is 497. The molecule has 1 aliphatic heterocycles. The van der Waals surface area contributed by atoms with E-state index in [-0.39, 0.29) is 11.8 Å². The van der Waals surface area contributed by atoms with E-state index in [0.717, 1.165) is 12.8 Å². The van der Waals surface area contributed by atoms with Gasteiger partial charge in [-0.05, 0) is 32.8 Å². The zero-order valence-electron chi connectivity index (χ0n) is 11.4. The van der Waals surface area contributed by atoms with Crippen LogP contribution in [0.25, 0.3) is 0 Å². The van der Waals surface area contributed by atoms with Crippen LogP contribution in [-0.2, 0) is 11.3 Å². The lowest BCUT2D eigenvalue weighted by Gasteiger charge is -2.38. The topological polar surface area (TPSA) is 81.2 Å². The van der Waals surface area contributed by atoms with E-state index in [1.807, 2.05) is 13.8 Å². The van der Waals surface area contributed by atoms with Crippen molar-refractivity contribution < 1.29 is 9.59 Å². The number of rotatable bonds is 3. The molecule has 1 atom stereocenters. The van der Waals surface area contributed by atoms with E-state index in [4.69, 9.17) is 5.73 Å². The summed E-state index contributed by atoms with van der Waals surface area (Å²) in [7, 11) is 0. The first-order valence-electron chi connectivity index (χ1n) is 6.59. The second kappa shape index (κ2) is 5.03. The molecule has 0 spiro atoms. The summed E-state index contributed by atoms with van der Waals surface area (Å²) in [5.74, 6) is -0.416. The molecule has 6 heteroatoms. The molecule has 2 heterocycles. The number of nitrogens with two attached hydrogens (primary N) is 1. The van der Waals surface area contributed by atoms with Gasteiger partial charge in [-0.15, -0.1) is 0 Å². The van der Waals surface area contributed by atoms with Gasteiger partial charge < -0.3 is 10.6 Å². The third-order valence-electron chi connectivity index (χ3n) is 3.81. The van der Waals surface area contributed by atoms with Crippen LogP contribution in [0.15, 0.2) is 12.3 Å². The Kier molecular flexibility index (Phi) is 3.59. The molecular weight excluding hydrogens is 244 g/mol. The normalized spacial score (nSPS) is 23.4. The highest BCUT2D eigenvalue weighted by Gasteiger charge is 2.38. The minimum absolute atomic E-state index is 0.0773. The summed E-state index contributed by atoms with van der Waals surface area (Å²) in [6.45, 7) is 5.46. The van der Waals surface area contributed by atoms with Crippen LogP contribution in [0.4, 0.5) is 0 Å². The monoisotopic (exact) mass is 264 g/mol. The number of aryl methyl sites for hydroxylation is 1. The average Bonchev–Trinajstić information content (AvgIpc) is 2.86. The number of carbonyl (C=O) groups excluding carboxylic acids is 2. The number of piperidine rings is 1. The van der Waals surface area contributed by atoms with E-state index in [0.29, 0.717) is 25.3 Å². The zero-order valence-corrected chi connectivity index (χ0v) is 11.4. The number of hydrogen-bond acceptors (Lipinski definition) is 3. The van der Waals surface area contributed by atoms with Gasteiger partial charge in [0.15, 0.2) is 0 Å². The Balaban J connectivity index is 2.18. The predicted molar refractivity (Wildman–Crippen MR) is 70.3 cm³/mol. The molecule has 1 aromatic heterocycles. The van der Waals surface area contributed by atoms with Gasteiger partial charge in [0.25, 0.3) is 5.91 Å². The molecular formula is C13H20N4O2. The van der Waals surface area contributed by atoms with Crippen molar-refractivity contribution in [2.24, 2.45) is 11.1 Å². The molecule has 0 aliphatic carbocycles. The molecule has 1 unspecified atom stereocenters. The van der Waals surface area contributed by atoms with E-state index in [2.05, 4.69) is 5.10 Å². The van der Waals surface area contributed by atoms with E-state index >= 15 is 0 Å². The van der Waals surface area contributed by atoms with Crippen molar-refractivity contribution in [1.82, 2.24) is 14.7 Å². The van der Waals surface area contributed by atoms with Crippen molar-refractivity contribution in [3.05, 3.63) is 18.0 Å². The van der Waals surface area contributed by atoms with Crippen LogP contribution in [0.5, 0.6) is 0 Å². The highest BCUT2D eigenvalue weighted by Crippen LogP contribution is 2.29. The van der Waals surface area contributed by atoms with E-state index in [9.17, 15) is 9.59 Å². The Morgan fingerprint density at radius 1 is 1.53 bits per heavy atom. The van der Waals surface area contributed by atoms with Gasteiger partial charge in [-0.2, -0.15) is 5.10 Å². The summed E-state index contributed by atoms with van der Waals surface area (Å²) >= 11 is 0. The van der Waals surface area contributed by atoms with Crippen LogP contribution < -0.4 is 5.73 Å². The summed E-state index contributed by atoms with van der Waals surface area (Å²) in [5.41, 5.74) is 5.39. The summed E-state index contributed by atoms with van der Waals surface area (Å²) in [4.78, 5) is 25.7. The molecule has 1 aliphatic rings. The summed E-state index contributed by atoms with van der Waals surface area (Å²) in [6.07, 6.45) is 3.15. The van der Waals surface area contributed by atoms with Gasteiger partial charge in [0.2, 0.25) is 5.91 Å². The second-order valence-corrected chi connectivity index (χ2v) is 5.29. The predicted octanol–water partition coefficient (Wildman–Crippen LogP) is 0.631. The summed E-state index contributed by atoms with van der Waals surface area (Å²) < 4.78 is 1.67. The molecule has 0 bridgehead atoms. The molecule has 2 N–H and O–H groups in total. The lowest BCUT2D eigenvalue weighted by molar-refractivity contribution is -0.129. The molecule has 2 amide bonds. The third kappa shape index (κ3) is 2.47. The fourth-order valence-electron chi connectivity index (χ4n) is 2.54. The number of amides is 2. The van der Waals surface area contributed by atoms with Crippen molar-refractivity contribution in [3.63, 3.8) is 0 Å². The Morgan fingerprint density at radius 2 is 2.26 bits per heavy atom. The first-order valence-corrected chi connectivity index (χ1v) is 6.59. The molecule has 0 saturated carbocycles. The largest absolute Gasteiger partial charge is 0.369 e. The molecule has 1 saturated heterocycles. The van der Waals surface area contributed by atoms with Crippen molar-refractivity contribution in [2.75, 3.05) is 13.1 Å². The maximum atomic E-state index is 12.5. The maximum Gasteiger partial charge on any atom is 0.272 e. The van der Waals surface area contributed by atoms with Crippen molar-refractivity contribution in [2.45, 2.75) is 33.2 Å². The molecule has 2 rings (SSSR count). The maximum absolute atomic E-state index is 12.5. The molecule has 104 valence electrons. The number of aromatic nitrogens is 2. The standard InChI is InChI=1S/C13H20N4O2/c1-3-17-10(5-7-15-17)11(18)16-8-4-6-13(2,9-16)12(14)19/h5,7H,3-4,6,8-9H2,1-2H3,(H2,14,19). The summed E-state index contributed by atoms with van der Waals surface area (Å²) in [6, 6.07) is 1.71. The number of primary amides is 1. The number of nitrogens with zero attached hydrogens (tertiary/aromatic N) is 3. The van der Waals surface area contributed by atoms with Gasteiger partial charge in [-0.3, -0.25) is 14.3 Å². The van der Waals surface area contributed by atoms with Gasteiger partial charge in [0, 0.05) is 25.8 Å². The Morgan fingerprint density at radius 3 is 2.89 bits per heavy atom. The molecule has 0 radical (unpaired) electrons. The molecule has 0 aromatic carbocycles. The lowest BCUT2D eigenvalue weighted by atomic mass is 9.81. The molecule has 1 aromatic rings. The third-order valence-corrected chi connectivity index (χ3v) is 3.81. The van der Waals surface area contributed by atoms with Crippen LogP contribution in [0, 0.1) is 5.41 Å². The minimum Gasteiger partial charge on any atom is -0.369 e. The van der Waals surface area contributed by atoms with Gasteiger partial charge in [-0.1, -0.05) is 0 Å². The van der Waals surface area contributed by atoms with Crippen molar-refractivity contribution in [3.8, 4) is 0 Å². The van der Waals surface area contributed by atoms with Crippen molar-refractivity contribution in [1.29, 1.82) is 0 Å². The number of hydrogen-bond donors (Lipinski definition) is 1. The van der Waals surface area contributed by atoms with Crippen LogP contribution in [0.3, 0.4) is 0 Å². The smallest absolute Gasteiger partial charge is 0.272 e. The van der Waals surface area contributed by atoms with Crippen LogP contribution in [0.1, 0.15) is 37.2 Å². The zero-order chi connectivity index (χ0) is 14.0. The van der Waals surface area contributed by atoms with Gasteiger partial charge in [-0.25, -0.2) is 0 Å². The quantitative estimate of drug-likeness (QED) is 0.869. The highest BCUT2D eigenvalue weighted by atomic mass is 16.2. The van der Waals surface area contributed by atoms with Crippen LogP contribution in [0.2, 0.25) is 0 Å². The molecule has 6 nitrogen and oxygen atoms in total. The Labute approximate surface area is 112 Å². The van der Waals surface area contributed by atoms with Gasteiger partial charge >= 0.3 is 0 Å². The van der Waals surface area contributed by atoms with Crippen LogP contribution in [-0.4, -0.2) is 39.6 Å². The number of likely N-dealkylation sites (tertiary alicyclic amines) is 1. The van der Waals surface area contributed by atoms with Crippen LogP contribution >= 0.6 is 0 Å². The second-order valence-electron chi connectivity index (χ2n) is 5.29. The molecule has 1 fully saturated rings. The lowest BCUT2D eigenvalue weighted by Crippen LogP contribution is -2.50. The molecule has 19 heavy (non-hydrogen) atoms. The minimum atomic E-state index is -0.620. The highest BCUT2D eigenvalue weighted by molar-refractivity contribution is 5.93. The van der Waals surface area contributed by atoms with Crippen molar-refractivity contribution >= 4 is 11.8 Å². The fraction of sp³-hybridized carbons (Fsp3) is 0.615. The Hall–Kier alpha value is -1.85. The van der Waals surface area contributed by atoms with Gasteiger partial charge in [0.1, 0.15) is 5.69 Å². The number of carbonyl (C=O) groups is 2. The summed E-state index contributed by atoms with van der Waals surface area (Å²) in [5, 5.41) is 4.10.